The van der Waals surface area contributed by atoms with Crippen molar-refractivity contribution in [2.75, 3.05) is 13.1 Å². The molecule has 0 unspecified atom stereocenters. The molecule has 2 aliphatic heterocycles. The highest BCUT2D eigenvalue weighted by Crippen LogP contribution is 2.41. The van der Waals surface area contributed by atoms with Crippen molar-refractivity contribution in [3.8, 4) is 5.75 Å². The molecule has 0 bridgehead atoms. The standard InChI is InChI=1S/C24H29N3O2/c1-26-15-19-13-17(5-7-22(19)25-26)18-6-8-23-20(14-18)16-28-24(29-23)9-11-27(12-10-24)21-3-2-4-21/h6,8,13-15,21H,2-5,7,9-12,16H2,1H3. The number of allylic oxidation sites excluding steroid dienone is 1. The van der Waals surface area contributed by atoms with Crippen LogP contribution in [0.3, 0.4) is 0 Å². The fourth-order valence-corrected chi connectivity index (χ4v) is 5.27. The molecule has 2 fully saturated rings. The Morgan fingerprint density at radius 3 is 2.79 bits per heavy atom. The Labute approximate surface area is 172 Å². The van der Waals surface area contributed by atoms with Gasteiger partial charge in [0.25, 0.3) is 0 Å². The minimum Gasteiger partial charge on any atom is -0.462 e. The van der Waals surface area contributed by atoms with Crippen LogP contribution < -0.4 is 4.74 Å². The van der Waals surface area contributed by atoms with Crippen LogP contribution in [0.2, 0.25) is 0 Å². The van der Waals surface area contributed by atoms with Gasteiger partial charge in [-0.15, -0.1) is 0 Å². The molecule has 1 saturated carbocycles. The van der Waals surface area contributed by atoms with Gasteiger partial charge in [-0.1, -0.05) is 12.5 Å². The Bertz CT molecular complexity index is 965. The van der Waals surface area contributed by atoms with Crippen LogP contribution in [0.5, 0.6) is 5.75 Å². The Morgan fingerprint density at radius 2 is 2.00 bits per heavy atom. The number of likely N-dealkylation sites (tertiary alicyclic amines) is 1. The number of fused-ring (bicyclic) bond motifs is 2. The highest BCUT2D eigenvalue weighted by atomic mass is 16.7. The summed E-state index contributed by atoms with van der Waals surface area (Å²) in [6, 6.07) is 7.45. The largest absolute Gasteiger partial charge is 0.462 e. The minimum atomic E-state index is -0.413. The molecule has 4 aliphatic rings. The fraction of sp³-hybridized carbons (Fsp3) is 0.542. The quantitative estimate of drug-likeness (QED) is 0.771. The van der Waals surface area contributed by atoms with Gasteiger partial charge in [0, 0.05) is 56.3 Å². The molecule has 2 aromatic rings. The SMILES string of the molecule is Cn1cc2c(n1)CCC(c1ccc3c(c1)COC1(CCN(C4CCC4)CC1)O3)=C2. The number of benzene rings is 1. The fourth-order valence-electron chi connectivity index (χ4n) is 5.27. The van der Waals surface area contributed by atoms with E-state index in [4.69, 9.17) is 9.47 Å². The van der Waals surface area contributed by atoms with E-state index in [1.54, 1.807) is 0 Å². The molecule has 1 saturated heterocycles. The van der Waals surface area contributed by atoms with Crippen LogP contribution in [-0.4, -0.2) is 39.6 Å². The summed E-state index contributed by atoms with van der Waals surface area (Å²) in [4.78, 5) is 2.64. The third kappa shape index (κ3) is 3.11. The lowest BCUT2D eigenvalue weighted by molar-refractivity contribution is -0.231. The maximum absolute atomic E-state index is 6.46. The molecular formula is C24H29N3O2. The summed E-state index contributed by atoms with van der Waals surface area (Å²) in [7, 11) is 1.99. The topological polar surface area (TPSA) is 39.5 Å². The van der Waals surface area contributed by atoms with Crippen molar-refractivity contribution in [1.29, 1.82) is 0 Å². The van der Waals surface area contributed by atoms with E-state index < -0.39 is 5.79 Å². The summed E-state index contributed by atoms with van der Waals surface area (Å²) >= 11 is 0. The van der Waals surface area contributed by atoms with Crippen molar-refractivity contribution in [2.24, 2.45) is 7.05 Å². The van der Waals surface area contributed by atoms with Crippen molar-refractivity contribution >= 4 is 11.6 Å². The highest BCUT2D eigenvalue weighted by Gasteiger charge is 2.42. The normalized spacial score (nSPS) is 23.7. The molecule has 2 aliphatic carbocycles. The summed E-state index contributed by atoms with van der Waals surface area (Å²) < 4.78 is 14.7. The third-order valence-corrected chi connectivity index (χ3v) is 7.27. The first-order valence-corrected chi connectivity index (χ1v) is 11.1. The zero-order chi connectivity index (χ0) is 19.4. The zero-order valence-electron chi connectivity index (χ0n) is 17.2. The molecule has 29 heavy (non-hydrogen) atoms. The number of nitrogens with zero attached hydrogens (tertiary/aromatic N) is 3. The lowest BCUT2D eigenvalue weighted by atomic mass is 9.89. The van der Waals surface area contributed by atoms with Crippen molar-refractivity contribution in [1.82, 2.24) is 14.7 Å². The van der Waals surface area contributed by atoms with Crippen LogP contribution in [0.4, 0.5) is 0 Å². The van der Waals surface area contributed by atoms with Crippen LogP contribution in [-0.2, 0) is 24.8 Å². The number of hydrogen-bond acceptors (Lipinski definition) is 4. The molecule has 5 nitrogen and oxygen atoms in total. The molecule has 6 rings (SSSR count). The molecule has 0 N–H and O–H groups in total. The molecule has 0 radical (unpaired) electrons. The van der Waals surface area contributed by atoms with Crippen LogP contribution in [0.25, 0.3) is 11.6 Å². The summed E-state index contributed by atoms with van der Waals surface area (Å²) in [5.74, 6) is 0.597. The van der Waals surface area contributed by atoms with Gasteiger partial charge in [-0.25, -0.2) is 0 Å². The maximum Gasteiger partial charge on any atom is 0.213 e. The first-order valence-electron chi connectivity index (χ1n) is 11.1. The molecule has 3 heterocycles. The van der Waals surface area contributed by atoms with Crippen LogP contribution in [0.1, 0.15) is 60.9 Å². The monoisotopic (exact) mass is 391 g/mol. The summed E-state index contributed by atoms with van der Waals surface area (Å²) in [5.41, 5.74) is 6.28. The van der Waals surface area contributed by atoms with Crippen LogP contribution in [0.15, 0.2) is 24.4 Å². The number of rotatable bonds is 2. The number of ether oxygens (including phenoxy) is 2. The Morgan fingerprint density at radius 1 is 1.14 bits per heavy atom. The van der Waals surface area contributed by atoms with E-state index in [0.717, 1.165) is 50.6 Å². The van der Waals surface area contributed by atoms with E-state index in [0.29, 0.717) is 6.61 Å². The van der Waals surface area contributed by atoms with Crippen molar-refractivity contribution in [2.45, 2.75) is 63.4 Å². The van der Waals surface area contributed by atoms with Crippen molar-refractivity contribution in [3.05, 3.63) is 46.8 Å². The zero-order valence-corrected chi connectivity index (χ0v) is 17.2. The van der Waals surface area contributed by atoms with Gasteiger partial charge in [0.2, 0.25) is 5.79 Å². The van der Waals surface area contributed by atoms with E-state index in [-0.39, 0.29) is 0 Å². The summed E-state index contributed by atoms with van der Waals surface area (Å²) in [5, 5.41) is 4.55. The van der Waals surface area contributed by atoms with E-state index >= 15 is 0 Å². The average Bonchev–Trinajstić information content (AvgIpc) is 3.07. The van der Waals surface area contributed by atoms with Gasteiger partial charge < -0.3 is 9.47 Å². The molecule has 0 amide bonds. The Balaban J connectivity index is 1.19. The van der Waals surface area contributed by atoms with Crippen LogP contribution >= 0.6 is 0 Å². The van der Waals surface area contributed by atoms with Gasteiger partial charge in [-0.3, -0.25) is 9.58 Å². The molecule has 5 heteroatoms. The van der Waals surface area contributed by atoms with Gasteiger partial charge >= 0.3 is 0 Å². The number of aromatic nitrogens is 2. The highest BCUT2D eigenvalue weighted by molar-refractivity contribution is 5.84. The molecular weight excluding hydrogens is 362 g/mol. The second kappa shape index (κ2) is 6.71. The summed E-state index contributed by atoms with van der Waals surface area (Å²) in [6.45, 7) is 2.84. The minimum absolute atomic E-state index is 0.413. The lowest BCUT2D eigenvalue weighted by Crippen LogP contribution is -2.54. The molecule has 152 valence electrons. The number of hydrogen-bond donors (Lipinski definition) is 0. The Hall–Kier alpha value is -2.11. The van der Waals surface area contributed by atoms with Gasteiger partial charge in [0.1, 0.15) is 5.75 Å². The maximum atomic E-state index is 6.46. The first-order chi connectivity index (χ1) is 14.2. The number of piperidine rings is 1. The molecule has 1 aromatic carbocycles. The predicted molar refractivity (Wildman–Crippen MR) is 112 cm³/mol. The first kappa shape index (κ1) is 17.7. The van der Waals surface area contributed by atoms with Gasteiger partial charge in [-0.2, -0.15) is 5.10 Å². The van der Waals surface area contributed by atoms with E-state index in [9.17, 15) is 0 Å². The second-order valence-corrected chi connectivity index (χ2v) is 9.12. The van der Waals surface area contributed by atoms with E-state index in [1.807, 2.05) is 11.7 Å². The average molecular weight is 392 g/mol. The Kier molecular flexibility index (Phi) is 4.10. The van der Waals surface area contributed by atoms with Gasteiger partial charge in [0.15, 0.2) is 0 Å². The lowest BCUT2D eigenvalue weighted by Gasteiger charge is -2.47. The smallest absolute Gasteiger partial charge is 0.213 e. The summed E-state index contributed by atoms with van der Waals surface area (Å²) in [6.07, 6.45) is 12.5. The van der Waals surface area contributed by atoms with E-state index in [1.165, 1.54) is 47.2 Å². The molecule has 0 atom stereocenters. The second-order valence-electron chi connectivity index (χ2n) is 9.12. The molecule has 1 aromatic heterocycles. The van der Waals surface area contributed by atoms with Gasteiger partial charge in [0.05, 0.1) is 12.3 Å². The predicted octanol–water partition coefficient (Wildman–Crippen LogP) is 4.16. The van der Waals surface area contributed by atoms with E-state index in [2.05, 4.69) is 40.5 Å². The van der Waals surface area contributed by atoms with Gasteiger partial charge in [-0.05, 0) is 55.0 Å². The number of aryl methyl sites for hydroxylation is 2. The van der Waals surface area contributed by atoms with Crippen LogP contribution in [0, 0.1) is 0 Å². The third-order valence-electron chi connectivity index (χ3n) is 7.27. The molecule has 1 spiro atoms. The van der Waals surface area contributed by atoms with Crippen molar-refractivity contribution < 1.29 is 9.47 Å². The van der Waals surface area contributed by atoms with Crippen molar-refractivity contribution in [3.63, 3.8) is 0 Å².